The summed E-state index contributed by atoms with van der Waals surface area (Å²) in [6.07, 6.45) is 9.00. The molecule has 3 N–H and O–H groups in total. The molecular formula is C12H17N5S. The van der Waals surface area contributed by atoms with Crippen molar-refractivity contribution < 1.29 is 0 Å². The summed E-state index contributed by atoms with van der Waals surface area (Å²) in [5, 5.41) is 5.29. The van der Waals surface area contributed by atoms with Gasteiger partial charge in [0.25, 0.3) is 0 Å². The number of thiazole rings is 1. The van der Waals surface area contributed by atoms with E-state index in [2.05, 4.69) is 15.3 Å². The van der Waals surface area contributed by atoms with E-state index in [1.54, 1.807) is 11.3 Å². The molecule has 0 saturated heterocycles. The van der Waals surface area contributed by atoms with Crippen molar-refractivity contribution in [2.75, 3.05) is 0 Å². The minimum Gasteiger partial charge on any atom is -0.370 e. The number of aromatic nitrogens is 2. The molecule has 0 spiro atoms. The van der Waals surface area contributed by atoms with Gasteiger partial charge >= 0.3 is 0 Å². The van der Waals surface area contributed by atoms with Gasteiger partial charge < -0.3 is 11.1 Å². The van der Waals surface area contributed by atoms with Crippen LogP contribution in [0.3, 0.4) is 0 Å². The second kappa shape index (κ2) is 4.97. The van der Waals surface area contributed by atoms with Gasteiger partial charge in [-0.1, -0.05) is 12.8 Å². The summed E-state index contributed by atoms with van der Waals surface area (Å²) in [5.41, 5.74) is 6.83. The molecule has 2 aromatic heterocycles. The van der Waals surface area contributed by atoms with Crippen LogP contribution < -0.4 is 11.1 Å². The zero-order valence-corrected chi connectivity index (χ0v) is 11.0. The van der Waals surface area contributed by atoms with Crippen LogP contribution in [-0.4, -0.2) is 21.4 Å². The van der Waals surface area contributed by atoms with Crippen molar-refractivity contribution in [1.82, 2.24) is 14.7 Å². The second-order valence-corrected chi connectivity index (χ2v) is 5.53. The third kappa shape index (κ3) is 2.48. The Bertz CT molecular complexity index is 521. The quantitative estimate of drug-likeness (QED) is 0.655. The maximum absolute atomic E-state index is 5.88. The molecule has 18 heavy (non-hydrogen) atoms. The molecular weight excluding hydrogens is 246 g/mol. The van der Waals surface area contributed by atoms with Crippen molar-refractivity contribution in [2.45, 2.75) is 38.3 Å². The van der Waals surface area contributed by atoms with Gasteiger partial charge in [-0.15, -0.1) is 11.3 Å². The highest BCUT2D eigenvalue weighted by Crippen LogP contribution is 2.17. The SMILES string of the molecule is NC(=NCc1cn2ccsc2n1)NC1CCCC1. The second-order valence-electron chi connectivity index (χ2n) is 4.65. The molecule has 6 heteroatoms. The lowest BCUT2D eigenvalue weighted by Gasteiger charge is -2.11. The molecule has 2 heterocycles. The molecule has 1 fully saturated rings. The first-order valence-electron chi connectivity index (χ1n) is 6.29. The number of rotatable bonds is 3. The molecule has 0 aliphatic heterocycles. The van der Waals surface area contributed by atoms with E-state index >= 15 is 0 Å². The number of nitrogens with two attached hydrogens (primary N) is 1. The first-order chi connectivity index (χ1) is 8.81. The van der Waals surface area contributed by atoms with Gasteiger partial charge in [0.15, 0.2) is 10.9 Å². The molecule has 2 aromatic rings. The van der Waals surface area contributed by atoms with E-state index < -0.39 is 0 Å². The summed E-state index contributed by atoms with van der Waals surface area (Å²) in [6, 6.07) is 0.513. The largest absolute Gasteiger partial charge is 0.370 e. The van der Waals surface area contributed by atoms with E-state index in [9.17, 15) is 0 Å². The minimum atomic E-state index is 0.513. The van der Waals surface area contributed by atoms with Crippen LogP contribution in [0.25, 0.3) is 4.96 Å². The Morgan fingerprint density at radius 3 is 3.17 bits per heavy atom. The van der Waals surface area contributed by atoms with Gasteiger partial charge in [0.1, 0.15) is 0 Å². The minimum absolute atomic E-state index is 0.513. The van der Waals surface area contributed by atoms with Crippen molar-refractivity contribution in [3.8, 4) is 0 Å². The molecule has 0 aromatic carbocycles. The maximum atomic E-state index is 5.88. The van der Waals surface area contributed by atoms with Crippen LogP contribution in [0.5, 0.6) is 0 Å². The molecule has 96 valence electrons. The number of aliphatic imine (C=N–C) groups is 1. The lowest BCUT2D eigenvalue weighted by molar-refractivity contribution is 0.625. The number of hydrogen-bond donors (Lipinski definition) is 2. The molecule has 5 nitrogen and oxygen atoms in total. The average molecular weight is 263 g/mol. The normalized spacial score (nSPS) is 17.7. The summed E-state index contributed by atoms with van der Waals surface area (Å²) in [4.78, 5) is 9.81. The highest BCUT2D eigenvalue weighted by atomic mass is 32.1. The fourth-order valence-electron chi connectivity index (χ4n) is 2.34. The van der Waals surface area contributed by atoms with Crippen LogP contribution in [-0.2, 0) is 6.54 Å². The van der Waals surface area contributed by atoms with E-state index in [0.717, 1.165) is 10.7 Å². The first kappa shape index (κ1) is 11.5. The van der Waals surface area contributed by atoms with Crippen LogP contribution >= 0.6 is 11.3 Å². The summed E-state index contributed by atoms with van der Waals surface area (Å²) in [5.74, 6) is 0.540. The lowest BCUT2D eigenvalue weighted by Crippen LogP contribution is -2.38. The average Bonchev–Trinajstić information content (AvgIpc) is 3.01. The fraction of sp³-hybridized carbons (Fsp3) is 0.500. The molecule has 0 atom stereocenters. The summed E-state index contributed by atoms with van der Waals surface area (Å²) < 4.78 is 2.01. The summed E-state index contributed by atoms with van der Waals surface area (Å²) in [7, 11) is 0. The molecule has 0 bridgehead atoms. The van der Waals surface area contributed by atoms with Gasteiger partial charge in [0, 0.05) is 23.8 Å². The molecule has 0 unspecified atom stereocenters. The Labute approximate surface area is 110 Å². The van der Waals surface area contributed by atoms with Crippen molar-refractivity contribution in [3.63, 3.8) is 0 Å². The Hall–Kier alpha value is -1.56. The van der Waals surface area contributed by atoms with Crippen molar-refractivity contribution >= 4 is 22.3 Å². The van der Waals surface area contributed by atoms with Gasteiger partial charge in [-0.05, 0) is 12.8 Å². The number of guanidine groups is 1. The lowest BCUT2D eigenvalue weighted by atomic mass is 10.2. The predicted octanol–water partition coefficient (Wildman–Crippen LogP) is 1.74. The molecule has 3 rings (SSSR count). The molecule has 0 amide bonds. The van der Waals surface area contributed by atoms with E-state index in [1.807, 2.05) is 22.2 Å². The number of nitrogens with one attached hydrogen (secondary N) is 1. The smallest absolute Gasteiger partial charge is 0.193 e. The Balaban J connectivity index is 1.60. The standard InChI is InChI=1S/C12H17N5S/c13-11(15-9-3-1-2-4-9)14-7-10-8-17-5-6-18-12(17)16-10/h5-6,8-9H,1-4,7H2,(H3,13,14,15). The monoisotopic (exact) mass is 263 g/mol. The zero-order valence-electron chi connectivity index (χ0n) is 10.2. The molecule has 1 saturated carbocycles. The number of imidazole rings is 1. The Morgan fingerprint density at radius 2 is 2.39 bits per heavy atom. The van der Waals surface area contributed by atoms with Crippen LogP contribution in [0.15, 0.2) is 22.8 Å². The van der Waals surface area contributed by atoms with E-state index in [1.165, 1.54) is 25.7 Å². The fourth-order valence-corrected chi connectivity index (χ4v) is 3.06. The van der Waals surface area contributed by atoms with E-state index in [0.29, 0.717) is 18.5 Å². The van der Waals surface area contributed by atoms with Crippen molar-refractivity contribution in [1.29, 1.82) is 0 Å². The van der Waals surface area contributed by atoms with Crippen LogP contribution in [0.4, 0.5) is 0 Å². The Morgan fingerprint density at radius 1 is 1.56 bits per heavy atom. The Kier molecular flexibility index (Phi) is 3.19. The number of hydrogen-bond acceptors (Lipinski definition) is 3. The van der Waals surface area contributed by atoms with Gasteiger partial charge in [-0.2, -0.15) is 0 Å². The first-order valence-corrected chi connectivity index (χ1v) is 7.17. The van der Waals surface area contributed by atoms with Gasteiger partial charge in [-0.25, -0.2) is 9.98 Å². The van der Waals surface area contributed by atoms with Crippen molar-refractivity contribution in [3.05, 3.63) is 23.5 Å². The van der Waals surface area contributed by atoms with Crippen LogP contribution in [0.1, 0.15) is 31.4 Å². The molecule has 0 radical (unpaired) electrons. The third-order valence-electron chi connectivity index (χ3n) is 3.26. The van der Waals surface area contributed by atoms with E-state index in [4.69, 9.17) is 5.73 Å². The zero-order chi connectivity index (χ0) is 12.4. The molecule has 1 aliphatic carbocycles. The number of fused-ring (bicyclic) bond motifs is 1. The van der Waals surface area contributed by atoms with Crippen molar-refractivity contribution in [2.24, 2.45) is 10.7 Å². The highest BCUT2D eigenvalue weighted by Gasteiger charge is 2.14. The third-order valence-corrected chi connectivity index (χ3v) is 4.03. The summed E-state index contributed by atoms with van der Waals surface area (Å²) in [6.45, 7) is 0.542. The van der Waals surface area contributed by atoms with E-state index in [-0.39, 0.29) is 0 Å². The van der Waals surface area contributed by atoms with Crippen LogP contribution in [0.2, 0.25) is 0 Å². The van der Waals surface area contributed by atoms with Gasteiger partial charge in [0.2, 0.25) is 0 Å². The summed E-state index contributed by atoms with van der Waals surface area (Å²) >= 11 is 1.63. The predicted molar refractivity (Wildman–Crippen MR) is 73.8 cm³/mol. The van der Waals surface area contributed by atoms with Gasteiger partial charge in [-0.3, -0.25) is 4.40 Å². The van der Waals surface area contributed by atoms with Crippen LogP contribution in [0, 0.1) is 0 Å². The highest BCUT2D eigenvalue weighted by molar-refractivity contribution is 7.15. The maximum Gasteiger partial charge on any atom is 0.193 e. The topological polar surface area (TPSA) is 67.7 Å². The number of nitrogens with zero attached hydrogens (tertiary/aromatic N) is 3. The molecule has 1 aliphatic rings. The van der Waals surface area contributed by atoms with Gasteiger partial charge in [0.05, 0.1) is 12.2 Å².